The van der Waals surface area contributed by atoms with Gasteiger partial charge in [-0.15, -0.1) is 0 Å². The number of carbonyl (C=O) groups is 1. The predicted octanol–water partition coefficient (Wildman–Crippen LogP) is 3.20. The lowest BCUT2D eigenvalue weighted by Gasteiger charge is -2.14. The lowest BCUT2D eigenvalue weighted by molar-refractivity contribution is 0.131. The first kappa shape index (κ1) is 16.5. The van der Waals surface area contributed by atoms with Crippen LogP contribution in [0.3, 0.4) is 0 Å². The minimum Gasteiger partial charge on any atom is -0.449 e. The Balaban J connectivity index is 1.58. The van der Waals surface area contributed by atoms with E-state index in [9.17, 15) is 4.79 Å². The number of alkyl carbamates (subject to hydrolysis) is 1. The molecular formula is C19H22N2O3. The molecule has 3 rings (SSSR count). The maximum atomic E-state index is 11.9. The van der Waals surface area contributed by atoms with Gasteiger partial charge in [0, 0.05) is 12.5 Å². The van der Waals surface area contributed by atoms with Gasteiger partial charge in [0.2, 0.25) is 0 Å². The summed E-state index contributed by atoms with van der Waals surface area (Å²) in [7, 11) is 0. The number of hydrogen-bond acceptors (Lipinski definition) is 4. The van der Waals surface area contributed by atoms with E-state index in [1.807, 2.05) is 24.3 Å². The van der Waals surface area contributed by atoms with Crippen LogP contribution in [0.25, 0.3) is 11.1 Å². The minimum atomic E-state index is -0.384. The quantitative estimate of drug-likeness (QED) is 0.605. The van der Waals surface area contributed by atoms with Crippen LogP contribution in [-0.2, 0) is 9.57 Å². The summed E-state index contributed by atoms with van der Waals surface area (Å²) >= 11 is 0. The third kappa shape index (κ3) is 3.58. The van der Waals surface area contributed by atoms with Gasteiger partial charge in [-0.2, -0.15) is 0 Å². The van der Waals surface area contributed by atoms with E-state index in [4.69, 9.17) is 10.6 Å². The third-order valence-corrected chi connectivity index (χ3v) is 4.30. The lowest BCUT2D eigenvalue weighted by Crippen LogP contribution is -2.27. The van der Waals surface area contributed by atoms with Crippen molar-refractivity contribution < 1.29 is 14.4 Å². The molecule has 0 saturated carbocycles. The molecule has 2 aromatic carbocycles. The largest absolute Gasteiger partial charge is 0.449 e. The van der Waals surface area contributed by atoms with Crippen molar-refractivity contribution in [1.29, 1.82) is 0 Å². The molecule has 2 aromatic rings. The molecule has 0 heterocycles. The first-order chi connectivity index (χ1) is 11.8. The Kier molecular flexibility index (Phi) is 5.46. The Bertz CT molecular complexity index is 657. The molecule has 0 unspecified atom stereocenters. The second kappa shape index (κ2) is 7.95. The number of benzene rings is 2. The smallest absolute Gasteiger partial charge is 0.407 e. The fraction of sp³-hybridized carbons (Fsp3) is 0.316. The van der Waals surface area contributed by atoms with Crippen LogP contribution in [-0.4, -0.2) is 25.9 Å². The zero-order valence-corrected chi connectivity index (χ0v) is 13.5. The summed E-state index contributed by atoms with van der Waals surface area (Å²) in [5.74, 6) is 5.05. The van der Waals surface area contributed by atoms with Crippen LogP contribution in [0.2, 0.25) is 0 Å². The number of ether oxygens (including phenoxy) is 1. The van der Waals surface area contributed by atoms with Gasteiger partial charge in [0.25, 0.3) is 0 Å². The van der Waals surface area contributed by atoms with Crippen LogP contribution >= 0.6 is 0 Å². The van der Waals surface area contributed by atoms with Crippen molar-refractivity contribution in [2.45, 2.75) is 18.8 Å². The summed E-state index contributed by atoms with van der Waals surface area (Å²) in [6.45, 7) is 1.39. The Morgan fingerprint density at radius 2 is 1.62 bits per heavy atom. The average molecular weight is 326 g/mol. The van der Waals surface area contributed by atoms with Crippen LogP contribution in [0.4, 0.5) is 4.79 Å². The molecule has 0 spiro atoms. The van der Waals surface area contributed by atoms with E-state index in [-0.39, 0.29) is 12.0 Å². The number of nitrogens with one attached hydrogen (secondary N) is 1. The highest BCUT2D eigenvalue weighted by Crippen LogP contribution is 2.44. The average Bonchev–Trinajstić information content (AvgIpc) is 2.94. The van der Waals surface area contributed by atoms with Crippen molar-refractivity contribution in [3.63, 3.8) is 0 Å². The van der Waals surface area contributed by atoms with Crippen molar-refractivity contribution in [3.8, 4) is 11.1 Å². The van der Waals surface area contributed by atoms with E-state index in [2.05, 4.69) is 34.4 Å². The van der Waals surface area contributed by atoms with Gasteiger partial charge in [-0.3, -0.25) is 0 Å². The van der Waals surface area contributed by atoms with Gasteiger partial charge in [0.1, 0.15) is 6.61 Å². The number of amides is 1. The number of hydrogen-bond donors (Lipinski definition) is 2. The van der Waals surface area contributed by atoms with Gasteiger partial charge in [-0.25, -0.2) is 10.7 Å². The normalized spacial score (nSPS) is 12.5. The molecule has 0 atom stereocenters. The van der Waals surface area contributed by atoms with Crippen molar-refractivity contribution in [1.82, 2.24) is 5.32 Å². The summed E-state index contributed by atoms with van der Waals surface area (Å²) in [5.41, 5.74) is 4.88. The molecule has 0 bridgehead atoms. The lowest BCUT2D eigenvalue weighted by atomic mass is 9.98. The molecule has 0 radical (unpaired) electrons. The van der Waals surface area contributed by atoms with Crippen LogP contribution in [0.5, 0.6) is 0 Å². The van der Waals surface area contributed by atoms with E-state index >= 15 is 0 Å². The summed E-state index contributed by atoms with van der Waals surface area (Å²) in [5, 5.41) is 2.76. The summed E-state index contributed by atoms with van der Waals surface area (Å²) < 4.78 is 5.44. The van der Waals surface area contributed by atoms with Crippen molar-refractivity contribution in [2.24, 2.45) is 5.90 Å². The number of carbonyl (C=O) groups excluding carboxylic acids is 1. The Labute approximate surface area is 141 Å². The molecule has 5 heteroatoms. The molecule has 3 N–H and O–H groups in total. The summed E-state index contributed by atoms with van der Waals surface area (Å²) in [6, 6.07) is 16.6. The van der Waals surface area contributed by atoms with Crippen molar-refractivity contribution in [2.75, 3.05) is 19.8 Å². The molecule has 24 heavy (non-hydrogen) atoms. The van der Waals surface area contributed by atoms with Gasteiger partial charge >= 0.3 is 6.09 Å². The van der Waals surface area contributed by atoms with E-state index in [1.54, 1.807) is 0 Å². The molecule has 126 valence electrons. The highest BCUT2D eigenvalue weighted by molar-refractivity contribution is 5.79. The topological polar surface area (TPSA) is 73.6 Å². The molecule has 1 aliphatic carbocycles. The number of fused-ring (bicyclic) bond motifs is 3. The standard InChI is InChI=1S/C19H22N2O3/c20-24-12-6-5-11-21-19(22)23-13-18-16-9-3-1-7-14(16)15-8-2-4-10-17(15)18/h1-4,7-10,18H,5-6,11-13,20H2,(H,21,22). The number of unbranched alkanes of at least 4 members (excludes halogenated alkanes) is 1. The van der Waals surface area contributed by atoms with Crippen LogP contribution in [0.15, 0.2) is 48.5 Å². The first-order valence-electron chi connectivity index (χ1n) is 8.22. The van der Waals surface area contributed by atoms with Gasteiger partial charge in [0.15, 0.2) is 0 Å². The van der Waals surface area contributed by atoms with Crippen LogP contribution in [0, 0.1) is 0 Å². The van der Waals surface area contributed by atoms with Crippen LogP contribution < -0.4 is 11.2 Å². The van der Waals surface area contributed by atoms with Gasteiger partial charge in [-0.05, 0) is 35.1 Å². The molecule has 0 saturated heterocycles. The first-order valence-corrected chi connectivity index (χ1v) is 8.22. The van der Waals surface area contributed by atoms with E-state index in [1.165, 1.54) is 22.3 Å². The van der Waals surface area contributed by atoms with E-state index in [0.29, 0.717) is 19.8 Å². The Morgan fingerprint density at radius 3 is 2.25 bits per heavy atom. The summed E-state index contributed by atoms with van der Waals surface area (Å²) in [6.07, 6.45) is 1.23. The molecule has 5 nitrogen and oxygen atoms in total. The molecule has 0 aliphatic heterocycles. The van der Waals surface area contributed by atoms with E-state index in [0.717, 1.165) is 12.8 Å². The maximum Gasteiger partial charge on any atom is 0.407 e. The molecular weight excluding hydrogens is 304 g/mol. The highest BCUT2D eigenvalue weighted by atomic mass is 16.6. The monoisotopic (exact) mass is 326 g/mol. The zero-order valence-electron chi connectivity index (χ0n) is 13.5. The predicted molar refractivity (Wildman–Crippen MR) is 92.4 cm³/mol. The summed E-state index contributed by atoms with van der Waals surface area (Å²) in [4.78, 5) is 16.4. The van der Waals surface area contributed by atoms with Crippen LogP contribution in [0.1, 0.15) is 29.9 Å². The minimum absolute atomic E-state index is 0.0915. The van der Waals surface area contributed by atoms with Crippen molar-refractivity contribution in [3.05, 3.63) is 59.7 Å². The maximum absolute atomic E-state index is 11.9. The molecule has 1 amide bonds. The van der Waals surface area contributed by atoms with Gasteiger partial charge in [-0.1, -0.05) is 48.5 Å². The fourth-order valence-electron chi connectivity index (χ4n) is 3.15. The second-order valence-electron chi connectivity index (χ2n) is 5.83. The zero-order chi connectivity index (χ0) is 16.8. The Hall–Kier alpha value is -2.37. The van der Waals surface area contributed by atoms with Gasteiger partial charge in [0.05, 0.1) is 6.61 Å². The molecule has 0 fully saturated rings. The SMILES string of the molecule is NOCCCCNC(=O)OCC1c2ccccc2-c2ccccc21. The number of nitrogens with two attached hydrogens (primary N) is 1. The second-order valence-corrected chi connectivity index (χ2v) is 5.83. The molecule has 1 aliphatic rings. The third-order valence-electron chi connectivity index (χ3n) is 4.30. The molecule has 0 aromatic heterocycles. The van der Waals surface area contributed by atoms with Crippen molar-refractivity contribution >= 4 is 6.09 Å². The Morgan fingerprint density at radius 1 is 1.00 bits per heavy atom. The fourth-order valence-corrected chi connectivity index (χ4v) is 3.15. The number of rotatable bonds is 7. The highest BCUT2D eigenvalue weighted by Gasteiger charge is 2.28. The van der Waals surface area contributed by atoms with E-state index < -0.39 is 0 Å². The van der Waals surface area contributed by atoms with Gasteiger partial charge < -0.3 is 14.9 Å².